The van der Waals surface area contributed by atoms with Crippen LogP contribution < -0.4 is 4.74 Å². The molecule has 244 valence electrons. The smallest absolute Gasteiger partial charge is 0.457 e. The van der Waals surface area contributed by atoms with Crippen molar-refractivity contribution in [3.63, 3.8) is 0 Å². The summed E-state index contributed by atoms with van der Waals surface area (Å²) in [5, 5.41) is 0. The third kappa shape index (κ3) is 5.69. The topological polar surface area (TPSA) is 35.0 Å². The van der Waals surface area contributed by atoms with Crippen molar-refractivity contribution in [1.82, 2.24) is 9.97 Å². The van der Waals surface area contributed by atoms with Gasteiger partial charge < -0.3 is 4.74 Å². The zero-order valence-electron chi connectivity index (χ0n) is 28.7. The number of benzene rings is 4. The number of ether oxygens (including phenoxy) is 1. The van der Waals surface area contributed by atoms with Crippen LogP contribution in [0.5, 0.6) is 11.5 Å². The van der Waals surface area contributed by atoms with Gasteiger partial charge in [0.1, 0.15) is 16.9 Å². The minimum atomic E-state index is -0.898. The molecule has 2 aliphatic rings. The third-order valence-corrected chi connectivity index (χ3v) is 9.62. The van der Waals surface area contributed by atoms with Crippen molar-refractivity contribution < 1.29 is 25.8 Å². The third-order valence-electron chi connectivity index (χ3n) is 9.62. The molecule has 0 N–H and O–H groups in total. The van der Waals surface area contributed by atoms with Crippen molar-refractivity contribution in [3.8, 4) is 34.0 Å². The molecule has 0 saturated heterocycles. The molecule has 6 aromatic rings. The number of pyridine rings is 2. The molecular weight excluding hydrogens is 780 g/mol. The van der Waals surface area contributed by atoms with Crippen molar-refractivity contribution in [1.29, 1.82) is 0 Å². The average Bonchev–Trinajstić information content (AvgIpc) is 3.08. The van der Waals surface area contributed by atoms with Crippen molar-refractivity contribution in [2.24, 2.45) is 0 Å². The molecule has 8 bridgehead atoms. The Labute approximate surface area is 304 Å². The zero-order valence-corrected chi connectivity index (χ0v) is 30.9. The van der Waals surface area contributed by atoms with E-state index in [-0.39, 0.29) is 31.9 Å². The van der Waals surface area contributed by atoms with E-state index in [0.717, 1.165) is 67.7 Å². The van der Waals surface area contributed by atoms with E-state index in [1.54, 1.807) is 0 Å². The molecular formula is C45H38N2OPt. The molecule has 4 heterocycles. The summed E-state index contributed by atoms with van der Waals surface area (Å²) < 4.78 is 6.80. The molecule has 0 unspecified atom stereocenters. The van der Waals surface area contributed by atoms with E-state index in [4.69, 9.17) is 14.7 Å². The number of rotatable bonds is 0. The largest absolute Gasteiger partial charge is 2.00 e. The minimum Gasteiger partial charge on any atom is -0.457 e. The van der Waals surface area contributed by atoms with Gasteiger partial charge in [-0.2, -0.15) is 12.2 Å². The van der Waals surface area contributed by atoms with E-state index in [1.165, 1.54) is 11.1 Å². The van der Waals surface area contributed by atoms with Crippen molar-refractivity contribution >= 4 is 12.2 Å². The van der Waals surface area contributed by atoms with Gasteiger partial charge in [-0.1, -0.05) is 89.1 Å². The van der Waals surface area contributed by atoms with Crippen molar-refractivity contribution in [2.75, 3.05) is 0 Å². The Morgan fingerprint density at radius 1 is 0.531 bits per heavy atom. The second-order valence-corrected chi connectivity index (χ2v) is 15.0. The molecule has 0 atom stereocenters. The minimum absolute atomic E-state index is 0. The normalized spacial score (nSPS) is 14.0. The van der Waals surface area contributed by atoms with Crippen LogP contribution in [0, 0.1) is 12.1 Å². The Kier molecular flexibility index (Phi) is 8.11. The molecule has 0 fully saturated rings. The predicted molar refractivity (Wildman–Crippen MR) is 195 cm³/mol. The molecule has 0 amide bonds. The molecule has 1 spiro atoms. The molecule has 49 heavy (non-hydrogen) atoms. The molecule has 2 aromatic heterocycles. The van der Waals surface area contributed by atoms with E-state index in [2.05, 4.69) is 175 Å². The molecule has 3 nitrogen and oxygen atoms in total. The SMILES string of the molecule is CC(C)(C)c1ccc2c(c1)C1(c3cccc(n3)-c3[c-]c(ccc3)C=Cc3[c-]c(ccc3)-c3cccc1n3)c1cc(C(C)(C)C)ccc1O2.[Pt+2]. The summed E-state index contributed by atoms with van der Waals surface area (Å²) >= 11 is 0. The maximum atomic E-state index is 6.80. The van der Waals surface area contributed by atoms with Crippen molar-refractivity contribution in [2.45, 2.75) is 57.8 Å². The fraction of sp³-hybridized carbons (Fsp3) is 0.200. The second kappa shape index (κ2) is 12.1. The van der Waals surface area contributed by atoms with Gasteiger partial charge in [0, 0.05) is 22.5 Å². The molecule has 4 heteroatoms. The summed E-state index contributed by atoms with van der Waals surface area (Å²) in [7, 11) is 0. The first-order chi connectivity index (χ1) is 23.0. The van der Waals surface area contributed by atoms with Crippen LogP contribution in [0.25, 0.3) is 34.7 Å². The van der Waals surface area contributed by atoms with E-state index in [0.29, 0.717) is 0 Å². The number of hydrogen-bond acceptors (Lipinski definition) is 3. The fourth-order valence-corrected chi connectivity index (χ4v) is 6.94. The summed E-state index contributed by atoms with van der Waals surface area (Å²) in [4.78, 5) is 11.1. The molecule has 0 radical (unpaired) electrons. The molecule has 2 aliphatic heterocycles. The summed E-state index contributed by atoms with van der Waals surface area (Å²) in [6.45, 7) is 13.5. The van der Waals surface area contributed by atoms with Crippen LogP contribution >= 0.6 is 0 Å². The number of fused-ring (bicyclic) bond motifs is 16. The summed E-state index contributed by atoms with van der Waals surface area (Å²) in [5.74, 6) is 1.62. The van der Waals surface area contributed by atoms with E-state index < -0.39 is 5.41 Å². The van der Waals surface area contributed by atoms with E-state index in [1.807, 2.05) is 0 Å². The van der Waals surface area contributed by atoms with Crippen LogP contribution in [-0.4, -0.2) is 9.97 Å². The first-order valence-electron chi connectivity index (χ1n) is 16.7. The number of aromatic nitrogens is 2. The Morgan fingerprint density at radius 2 is 0.959 bits per heavy atom. The van der Waals surface area contributed by atoms with Crippen LogP contribution in [-0.2, 0) is 37.3 Å². The van der Waals surface area contributed by atoms with Crippen molar-refractivity contribution in [3.05, 3.63) is 166 Å². The summed E-state index contributed by atoms with van der Waals surface area (Å²) in [5.41, 5.74) is 10.7. The van der Waals surface area contributed by atoms with Gasteiger partial charge in [-0.25, -0.2) is 0 Å². The molecule has 0 saturated carbocycles. The van der Waals surface area contributed by atoms with Gasteiger partial charge >= 0.3 is 21.1 Å². The second-order valence-electron chi connectivity index (χ2n) is 15.0. The van der Waals surface area contributed by atoms with Crippen LogP contribution in [0.3, 0.4) is 0 Å². The maximum Gasteiger partial charge on any atom is 2.00 e. The zero-order chi connectivity index (χ0) is 33.3. The summed E-state index contributed by atoms with van der Waals surface area (Å²) in [6, 6.07) is 45.7. The predicted octanol–water partition coefficient (Wildman–Crippen LogP) is 11.0. The Balaban J connectivity index is 0.00000378. The van der Waals surface area contributed by atoms with E-state index in [9.17, 15) is 0 Å². The van der Waals surface area contributed by atoms with Crippen LogP contribution in [0.1, 0.15) is 86.3 Å². The Bertz CT molecular complexity index is 2090. The van der Waals surface area contributed by atoms with Crippen LogP contribution in [0.2, 0.25) is 0 Å². The van der Waals surface area contributed by atoms with Gasteiger partial charge in [-0.15, -0.1) is 59.7 Å². The summed E-state index contributed by atoms with van der Waals surface area (Å²) in [6.07, 6.45) is 4.17. The maximum absolute atomic E-state index is 6.80. The van der Waals surface area contributed by atoms with E-state index >= 15 is 0 Å². The Morgan fingerprint density at radius 3 is 1.39 bits per heavy atom. The van der Waals surface area contributed by atoms with Gasteiger partial charge in [-0.3, -0.25) is 9.97 Å². The van der Waals surface area contributed by atoms with Gasteiger partial charge in [0.05, 0.1) is 11.4 Å². The average molecular weight is 818 g/mol. The fourth-order valence-electron chi connectivity index (χ4n) is 6.94. The van der Waals surface area contributed by atoms with Crippen LogP contribution in [0.4, 0.5) is 0 Å². The standard InChI is InChI=1S/C45H38N2O.Pt/c1-43(2,3)33-21-23-39-35(27-33)45(36-28-34(44(4,5)6)22-24-40(36)48-39)41-17-9-15-37(46-41)31-13-7-11-29(25-31)19-20-30-12-8-14-32(26-30)38-16-10-18-42(45)47-38;/h7-24,27-28H,1-6H3;/q-2;+2. The van der Waals surface area contributed by atoms with Gasteiger partial charge in [0.25, 0.3) is 0 Å². The molecule has 0 aliphatic carbocycles. The Hall–Kier alpha value is -4.59. The first kappa shape index (κ1) is 32.9. The number of hydrogen-bond donors (Lipinski definition) is 0. The quantitative estimate of drug-likeness (QED) is 0.143. The number of nitrogens with zero attached hydrogens (tertiary/aromatic N) is 2. The molecule has 4 aromatic carbocycles. The monoisotopic (exact) mass is 817 g/mol. The molecule has 8 rings (SSSR count). The van der Waals surface area contributed by atoms with Gasteiger partial charge in [-0.05, 0) is 58.4 Å². The first-order valence-corrected chi connectivity index (χ1v) is 16.7. The van der Waals surface area contributed by atoms with Gasteiger partial charge in [0.15, 0.2) is 0 Å². The van der Waals surface area contributed by atoms with Crippen LogP contribution in [0.15, 0.2) is 109 Å². The van der Waals surface area contributed by atoms with Gasteiger partial charge in [0.2, 0.25) is 0 Å².